The molecule has 1 aliphatic heterocycles. The highest BCUT2D eigenvalue weighted by molar-refractivity contribution is 5.82. The topological polar surface area (TPSA) is 66.8 Å². The lowest BCUT2D eigenvalue weighted by Crippen LogP contribution is -2.39. The average Bonchev–Trinajstić information content (AvgIpc) is 2.90. The van der Waals surface area contributed by atoms with E-state index in [1.165, 1.54) is 30.0 Å². The van der Waals surface area contributed by atoms with Crippen molar-refractivity contribution >= 4 is 11.9 Å². The summed E-state index contributed by atoms with van der Waals surface area (Å²) in [5.74, 6) is -2.26. The molecule has 0 radical (unpaired) electrons. The molecule has 108 valence electrons. The zero-order valence-corrected chi connectivity index (χ0v) is 11.1. The number of rotatable bonds is 4. The van der Waals surface area contributed by atoms with Gasteiger partial charge in [-0.25, -0.2) is 4.39 Å². The number of likely N-dealkylation sites (tertiary alicyclic amines) is 1. The van der Waals surface area contributed by atoms with Crippen LogP contribution in [0.4, 0.5) is 4.39 Å². The van der Waals surface area contributed by atoms with Gasteiger partial charge in [0, 0.05) is 13.1 Å². The van der Waals surface area contributed by atoms with E-state index in [0.29, 0.717) is 13.0 Å². The van der Waals surface area contributed by atoms with Crippen LogP contribution < -0.4 is 4.74 Å². The lowest BCUT2D eigenvalue weighted by Gasteiger charge is -2.21. The van der Waals surface area contributed by atoms with E-state index >= 15 is 0 Å². The number of halogens is 1. The molecule has 2 rings (SSSR count). The summed E-state index contributed by atoms with van der Waals surface area (Å²) in [6, 6.07) is 5.85. The van der Waals surface area contributed by atoms with Gasteiger partial charge in [0.15, 0.2) is 17.7 Å². The lowest BCUT2D eigenvalue weighted by molar-refractivity contribution is -0.142. The van der Waals surface area contributed by atoms with E-state index in [0.717, 1.165) is 0 Å². The Morgan fingerprint density at radius 3 is 2.75 bits per heavy atom. The monoisotopic (exact) mass is 281 g/mol. The Bertz CT molecular complexity index is 520. The second-order valence-corrected chi connectivity index (χ2v) is 4.80. The minimum absolute atomic E-state index is 0.0160. The summed E-state index contributed by atoms with van der Waals surface area (Å²) in [6.07, 6.45) is -0.410. The average molecular weight is 281 g/mol. The number of hydrogen-bond acceptors (Lipinski definition) is 3. The number of aliphatic carboxylic acids is 1. The van der Waals surface area contributed by atoms with E-state index < -0.39 is 23.8 Å². The first kappa shape index (κ1) is 14.3. The highest BCUT2D eigenvalue weighted by atomic mass is 19.1. The maximum atomic E-state index is 13.4. The Morgan fingerprint density at radius 2 is 2.15 bits per heavy atom. The van der Waals surface area contributed by atoms with E-state index in [1.54, 1.807) is 6.07 Å². The van der Waals surface area contributed by atoms with Gasteiger partial charge < -0.3 is 14.7 Å². The Labute approximate surface area is 116 Å². The van der Waals surface area contributed by atoms with E-state index in [-0.39, 0.29) is 18.2 Å². The van der Waals surface area contributed by atoms with Crippen LogP contribution in [0.3, 0.4) is 0 Å². The van der Waals surface area contributed by atoms with Crippen molar-refractivity contribution in [2.45, 2.75) is 19.4 Å². The van der Waals surface area contributed by atoms with Gasteiger partial charge >= 0.3 is 5.97 Å². The molecule has 0 bridgehead atoms. The van der Waals surface area contributed by atoms with Crippen LogP contribution in [-0.2, 0) is 9.59 Å². The van der Waals surface area contributed by atoms with E-state index in [4.69, 9.17) is 9.84 Å². The van der Waals surface area contributed by atoms with Gasteiger partial charge in [-0.2, -0.15) is 0 Å². The van der Waals surface area contributed by atoms with Crippen molar-refractivity contribution < 1.29 is 23.8 Å². The maximum absolute atomic E-state index is 13.4. The van der Waals surface area contributed by atoms with Crippen LogP contribution in [0, 0.1) is 11.7 Å². The summed E-state index contributed by atoms with van der Waals surface area (Å²) in [5, 5.41) is 8.90. The molecule has 1 aliphatic rings. The number of benzene rings is 1. The van der Waals surface area contributed by atoms with Crippen molar-refractivity contribution in [2.75, 3.05) is 13.1 Å². The highest BCUT2D eigenvalue weighted by Gasteiger charge is 2.33. The molecule has 1 aromatic carbocycles. The van der Waals surface area contributed by atoms with Gasteiger partial charge in [-0.15, -0.1) is 0 Å². The number of amides is 1. The molecule has 0 spiro atoms. The quantitative estimate of drug-likeness (QED) is 0.908. The number of carboxylic acid groups (broad SMARTS) is 1. The van der Waals surface area contributed by atoms with Crippen LogP contribution in [-0.4, -0.2) is 41.1 Å². The normalized spacial score (nSPS) is 19.7. The molecule has 0 aromatic heterocycles. The SMILES string of the molecule is CC(Oc1ccccc1F)C(=O)N1CCC(C(=O)O)C1. The van der Waals surface area contributed by atoms with E-state index in [2.05, 4.69) is 0 Å². The molecular weight excluding hydrogens is 265 g/mol. The number of carbonyl (C=O) groups excluding carboxylic acids is 1. The molecule has 20 heavy (non-hydrogen) atoms. The Kier molecular flexibility index (Phi) is 4.22. The second kappa shape index (κ2) is 5.90. The third-order valence-electron chi connectivity index (χ3n) is 3.34. The van der Waals surface area contributed by atoms with E-state index in [1.807, 2.05) is 0 Å². The van der Waals surface area contributed by atoms with Crippen molar-refractivity contribution in [1.29, 1.82) is 0 Å². The van der Waals surface area contributed by atoms with Crippen LogP contribution in [0.25, 0.3) is 0 Å². The summed E-state index contributed by atoms with van der Waals surface area (Å²) in [6.45, 7) is 2.10. The van der Waals surface area contributed by atoms with Crippen molar-refractivity contribution in [3.63, 3.8) is 0 Å². The number of ether oxygens (including phenoxy) is 1. The molecule has 5 nitrogen and oxygen atoms in total. The minimum atomic E-state index is -0.900. The number of hydrogen-bond donors (Lipinski definition) is 1. The third kappa shape index (κ3) is 3.07. The highest BCUT2D eigenvalue weighted by Crippen LogP contribution is 2.20. The van der Waals surface area contributed by atoms with Crippen LogP contribution in [0.5, 0.6) is 5.75 Å². The van der Waals surface area contributed by atoms with Gasteiger partial charge in [0.1, 0.15) is 0 Å². The molecular formula is C14H16FNO4. The Hall–Kier alpha value is -2.11. The van der Waals surface area contributed by atoms with Crippen molar-refractivity contribution in [1.82, 2.24) is 4.90 Å². The summed E-state index contributed by atoms with van der Waals surface area (Å²) in [5.41, 5.74) is 0. The summed E-state index contributed by atoms with van der Waals surface area (Å²) in [7, 11) is 0. The fourth-order valence-electron chi connectivity index (χ4n) is 2.20. The molecule has 1 aromatic rings. The molecule has 2 unspecified atom stereocenters. The van der Waals surface area contributed by atoms with Gasteiger partial charge in [-0.05, 0) is 25.5 Å². The first-order chi connectivity index (χ1) is 9.49. The molecule has 1 heterocycles. The molecule has 0 aliphatic carbocycles. The number of nitrogens with zero attached hydrogens (tertiary/aromatic N) is 1. The molecule has 1 fully saturated rings. The largest absolute Gasteiger partial charge is 0.481 e. The second-order valence-electron chi connectivity index (χ2n) is 4.80. The number of para-hydroxylation sites is 1. The van der Waals surface area contributed by atoms with Crippen molar-refractivity contribution in [3.05, 3.63) is 30.1 Å². The number of carboxylic acids is 1. The Balaban J connectivity index is 1.96. The smallest absolute Gasteiger partial charge is 0.308 e. The zero-order valence-electron chi connectivity index (χ0n) is 11.1. The summed E-state index contributed by atoms with van der Waals surface area (Å²) in [4.78, 5) is 24.4. The molecule has 1 saturated heterocycles. The van der Waals surface area contributed by atoms with E-state index in [9.17, 15) is 14.0 Å². The first-order valence-corrected chi connectivity index (χ1v) is 6.42. The minimum Gasteiger partial charge on any atom is -0.481 e. The van der Waals surface area contributed by atoms with Crippen LogP contribution in [0.2, 0.25) is 0 Å². The predicted molar refractivity (Wildman–Crippen MR) is 68.8 cm³/mol. The van der Waals surface area contributed by atoms with Crippen molar-refractivity contribution in [2.24, 2.45) is 5.92 Å². The fourth-order valence-corrected chi connectivity index (χ4v) is 2.20. The van der Waals surface area contributed by atoms with Crippen LogP contribution >= 0.6 is 0 Å². The van der Waals surface area contributed by atoms with Crippen LogP contribution in [0.15, 0.2) is 24.3 Å². The predicted octanol–water partition coefficient (Wildman–Crippen LogP) is 1.53. The van der Waals surface area contributed by atoms with Gasteiger partial charge in [-0.1, -0.05) is 12.1 Å². The van der Waals surface area contributed by atoms with Crippen LogP contribution in [0.1, 0.15) is 13.3 Å². The summed E-state index contributed by atoms with van der Waals surface area (Å²) >= 11 is 0. The summed E-state index contributed by atoms with van der Waals surface area (Å²) < 4.78 is 18.7. The zero-order chi connectivity index (χ0) is 14.7. The molecule has 0 saturated carbocycles. The van der Waals surface area contributed by atoms with Crippen molar-refractivity contribution in [3.8, 4) is 5.75 Å². The van der Waals surface area contributed by atoms with Gasteiger partial charge in [-0.3, -0.25) is 9.59 Å². The molecule has 2 atom stereocenters. The molecule has 1 amide bonds. The maximum Gasteiger partial charge on any atom is 0.308 e. The third-order valence-corrected chi connectivity index (χ3v) is 3.34. The van der Waals surface area contributed by atoms with Gasteiger partial charge in [0.25, 0.3) is 5.91 Å². The molecule has 6 heteroatoms. The number of carbonyl (C=O) groups is 2. The van der Waals surface area contributed by atoms with Gasteiger partial charge in [0.05, 0.1) is 5.92 Å². The molecule has 1 N–H and O–H groups in total. The fraction of sp³-hybridized carbons (Fsp3) is 0.429. The van der Waals surface area contributed by atoms with Gasteiger partial charge in [0.2, 0.25) is 0 Å². The standard InChI is InChI=1S/C14H16FNO4/c1-9(20-12-5-3-2-4-11(12)15)13(17)16-7-6-10(8-16)14(18)19/h2-5,9-10H,6-8H2,1H3,(H,18,19). The Morgan fingerprint density at radius 1 is 1.45 bits per heavy atom. The first-order valence-electron chi connectivity index (χ1n) is 6.42. The lowest BCUT2D eigenvalue weighted by atomic mass is 10.1.